The van der Waals surface area contributed by atoms with Gasteiger partial charge in [-0.1, -0.05) is 0 Å². The van der Waals surface area contributed by atoms with E-state index in [1.165, 1.54) is 0 Å². The van der Waals surface area contributed by atoms with Gasteiger partial charge in [-0.2, -0.15) is 0 Å². The Hall–Kier alpha value is -1.64. The van der Waals surface area contributed by atoms with Crippen LogP contribution in [-0.2, 0) is 0 Å². The normalized spacial score (nSPS) is 10.5. The fourth-order valence-corrected chi connectivity index (χ4v) is 1.13. The number of benzene rings is 1. The van der Waals surface area contributed by atoms with Crippen LogP contribution in [0.5, 0.6) is 0 Å². The van der Waals surface area contributed by atoms with E-state index in [0.717, 1.165) is 10.9 Å². The minimum Gasteiger partial charge on any atom is -0.397 e. The fraction of sp³-hybridized carbons (Fsp3) is 0. The van der Waals surface area contributed by atoms with Gasteiger partial charge in [0.25, 0.3) is 0 Å². The maximum atomic E-state index is 5.61. The zero-order chi connectivity index (χ0) is 7.84. The number of hydrogen-bond donors (Lipinski definition) is 3. The third-order valence-electron chi connectivity index (χ3n) is 1.76. The predicted octanol–water partition coefficient (Wildman–Crippen LogP) is 1.33. The van der Waals surface area contributed by atoms with Gasteiger partial charge in [0.2, 0.25) is 0 Å². The Kier molecular flexibility index (Phi) is 1.06. The molecule has 0 amide bonds. The van der Waals surface area contributed by atoms with E-state index in [9.17, 15) is 0 Å². The lowest BCUT2D eigenvalue weighted by molar-refractivity contribution is 1.48. The van der Waals surface area contributed by atoms with Crippen LogP contribution in [0.25, 0.3) is 10.9 Å². The van der Waals surface area contributed by atoms with Crippen molar-refractivity contribution in [3.63, 3.8) is 0 Å². The zero-order valence-electron chi connectivity index (χ0n) is 5.96. The molecule has 0 bridgehead atoms. The van der Waals surface area contributed by atoms with Gasteiger partial charge in [-0.3, -0.25) is 0 Å². The molecule has 56 valence electrons. The number of nitrogen functional groups attached to an aromatic ring is 2. The highest BCUT2D eigenvalue weighted by molar-refractivity contribution is 5.88. The number of nitrogens with one attached hydrogen (secondary N) is 1. The molecule has 2 rings (SSSR count). The molecule has 1 aromatic heterocycles. The van der Waals surface area contributed by atoms with Crippen LogP contribution in [0.1, 0.15) is 0 Å². The quantitative estimate of drug-likeness (QED) is 0.492. The second-order valence-corrected chi connectivity index (χ2v) is 2.55. The summed E-state index contributed by atoms with van der Waals surface area (Å²) in [5.41, 5.74) is 13.5. The summed E-state index contributed by atoms with van der Waals surface area (Å²) in [6.45, 7) is 0. The number of hydrogen-bond acceptors (Lipinski definition) is 2. The minimum atomic E-state index is 0.625. The molecule has 0 saturated carbocycles. The molecule has 1 heterocycles. The molecule has 3 nitrogen and oxygen atoms in total. The average molecular weight is 147 g/mol. The van der Waals surface area contributed by atoms with Gasteiger partial charge in [0.05, 0.1) is 11.4 Å². The SMILES string of the molecule is Nc1cc2cc[nH]c2cc1N. The van der Waals surface area contributed by atoms with Crippen molar-refractivity contribution in [2.75, 3.05) is 11.5 Å². The highest BCUT2D eigenvalue weighted by Gasteiger charge is 1.97. The molecule has 0 aliphatic rings. The monoisotopic (exact) mass is 147 g/mol. The molecular formula is C8H9N3. The van der Waals surface area contributed by atoms with Gasteiger partial charge in [-0.25, -0.2) is 0 Å². The van der Waals surface area contributed by atoms with Gasteiger partial charge in [-0.05, 0) is 18.2 Å². The molecule has 3 heteroatoms. The van der Waals surface area contributed by atoms with Crippen molar-refractivity contribution in [1.82, 2.24) is 4.98 Å². The molecule has 0 aliphatic carbocycles. The summed E-state index contributed by atoms with van der Waals surface area (Å²) >= 11 is 0. The van der Waals surface area contributed by atoms with E-state index in [1.54, 1.807) is 0 Å². The lowest BCUT2D eigenvalue weighted by Gasteiger charge is -1.98. The smallest absolute Gasteiger partial charge is 0.0569 e. The van der Waals surface area contributed by atoms with Crippen LogP contribution in [0.15, 0.2) is 24.4 Å². The summed E-state index contributed by atoms with van der Waals surface area (Å²) in [5.74, 6) is 0. The molecule has 0 radical (unpaired) electrons. The Morgan fingerprint density at radius 1 is 1.09 bits per heavy atom. The number of aromatic amines is 1. The Labute approximate surface area is 64.0 Å². The van der Waals surface area contributed by atoms with Crippen molar-refractivity contribution < 1.29 is 0 Å². The molecule has 0 spiro atoms. The third-order valence-corrected chi connectivity index (χ3v) is 1.76. The van der Waals surface area contributed by atoms with Gasteiger partial charge in [-0.15, -0.1) is 0 Å². The molecule has 2 aromatic rings. The van der Waals surface area contributed by atoms with Crippen LogP contribution in [0, 0.1) is 0 Å². The first-order chi connectivity index (χ1) is 5.27. The van der Waals surface area contributed by atoms with Crippen molar-refractivity contribution in [2.45, 2.75) is 0 Å². The average Bonchev–Trinajstić information content (AvgIpc) is 2.36. The Morgan fingerprint density at radius 2 is 1.82 bits per heavy atom. The van der Waals surface area contributed by atoms with Crippen LogP contribution in [0.4, 0.5) is 11.4 Å². The van der Waals surface area contributed by atoms with Crippen molar-refractivity contribution in [3.8, 4) is 0 Å². The van der Waals surface area contributed by atoms with E-state index in [0.29, 0.717) is 11.4 Å². The summed E-state index contributed by atoms with van der Waals surface area (Å²) in [6.07, 6.45) is 1.86. The zero-order valence-corrected chi connectivity index (χ0v) is 5.96. The number of H-pyrrole nitrogens is 1. The lowest BCUT2D eigenvalue weighted by atomic mass is 10.2. The van der Waals surface area contributed by atoms with Gasteiger partial charge in [0, 0.05) is 17.1 Å². The summed E-state index contributed by atoms with van der Waals surface area (Å²) in [6, 6.07) is 5.66. The number of nitrogens with two attached hydrogens (primary N) is 2. The van der Waals surface area contributed by atoms with Crippen molar-refractivity contribution in [3.05, 3.63) is 24.4 Å². The second kappa shape index (κ2) is 1.92. The van der Waals surface area contributed by atoms with Crippen LogP contribution < -0.4 is 11.5 Å². The molecule has 0 unspecified atom stereocenters. The standard InChI is InChI=1S/C8H9N3/c9-6-3-5-1-2-11-8(5)4-7(6)10/h1-4,11H,9-10H2. The molecule has 1 aromatic carbocycles. The van der Waals surface area contributed by atoms with Gasteiger partial charge in [0.1, 0.15) is 0 Å². The largest absolute Gasteiger partial charge is 0.397 e. The van der Waals surface area contributed by atoms with Crippen molar-refractivity contribution in [1.29, 1.82) is 0 Å². The topological polar surface area (TPSA) is 67.8 Å². The highest BCUT2D eigenvalue weighted by Crippen LogP contribution is 2.21. The fourth-order valence-electron chi connectivity index (χ4n) is 1.13. The van der Waals surface area contributed by atoms with E-state index in [2.05, 4.69) is 4.98 Å². The maximum absolute atomic E-state index is 5.61. The Balaban J connectivity index is 2.86. The summed E-state index contributed by atoms with van der Waals surface area (Å²) in [4.78, 5) is 3.05. The van der Waals surface area contributed by atoms with E-state index >= 15 is 0 Å². The number of rotatable bonds is 0. The molecule has 5 N–H and O–H groups in total. The first-order valence-electron chi connectivity index (χ1n) is 3.39. The van der Waals surface area contributed by atoms with Gasteiger partial charge >= 0.3 is 0 Å². The van der Waals surface area contributed by atoms with E-state index < -0.39 is 0 Å². The number of fused-ring (bicyclic) bond motifs is 1. The first kappa shape index (κ1) is 6.09. The molecular weight excluding hydrogens is 138 g/mol. The molecule has 0 fully saturated rings. The summed E-state index contributed by atoms with van der Waals surface area (Å²) < 4.78 is 0. The van der Waals surface area contributed by atoms with Gasteiger partial charge < -0.3 is 16.5 Å². The number of aromatic nitrogens is 1. The highest BCUT2D eigenvalue weighted by atomic mass is 14.7. The summed E-state index contributed by atoms with van der Waals surface area (Å²) in [7, 11) is 0. The second-order valence-electron chi connectivity index (χ2n) is 2.55. The lowest BCUT2D eigenvalue weighted by Crippen LogP contribution is -1.93. The minimum absolute atomic E-state index is 0.625. The molecule has 11 heavy (non-hydrogen) atoms. The van der Waals surface area contributed by atoms with Crippen molar-refractivity contribution >= 4 is 22.3 Å². The van der Waals surface area contributed by atoms with Crippen LogP contribution >= 0.6 is 0 Å². The predicted molar refractivity (Wildman–Crippen MR) is 47.1 cm³/mol. The molecule has 0 atom stereocenters. The first-order valence-corrected chi connectivity index (χ1v) is 3.39. The van der Waals surface area contributed by atoms with Crippen LogP contribution in [0.2, 0.25) is 0 Å². The Bertz CT molecular complexity index is 353. The van der Waals surface area contributed by atoms with Crippen LogP contribution in [0.3, 0.4) is 0 Å². The maximum Gasteiger partial charge on any atom is 0.0569 e. The van der Waals surface area contributed by atoms with E-state index in [-0.39, 0.29) is 0 Å². The molecule has 0 aliphatic heterocycles. The van der Waals surface area contributed by atoms with E-state index in [1.807, 2.05) is 24.4 Å². The third kappa shape index (κ3) is 0.816. The Morgan fingerprint density at radius 3 is 2.64 bits per heavy atom. The molecule has 0 saturated heterocycles. The van der Waals surface area contributed by atoms with Crippen molar-refractivity contribution in [2.24, 2.45) is 0 Å². The summed E-state index contributed by atoms with van der Waals surface area (Å²) in [5, 5.41) is 1.09. The van der Waals surface area contributed by atoms with E-state index in [4.69, 9.17) is 11.5 Å². The van der Waals surface area contributed by atoms with Gasteiger partial charge in [0.15, 0.2) is 0 Å². The van der Waals surface area contributed by atoms with Crippen LogP contribution in [-0.4, -0.2) is 4.98 Å². The number of anilines is 2.